The summed E-state index contributed by atoms with van der Waals surface area (Å²) in [7, 11) is 0. The van der Waals surface area contributed by atoms with Crippen LogP contribution in [-0.4, -0.2) is 27.1 Å². The third-order valence-corrected chi connectivity index (χ3v) is 6.27. The molecule has 0 fully saturated rings. The number of aromatic nitrogens is 2. The van der Waals surface area contributed by atoms with E-state index in [0.29, 0.717) is 5.92 Å². The molecule has 0 saturated carbocycles. The van der Waals surface area contributed by atoms with E-state index in [4.69, 9.17) is 0 Å². The molecule has 1 aromatic carbocycles. The third kappa shape index (κ3) is 5.22. The number of rotatable bonds is 7. The quantitative estimate of drug-likeness (QED) is 0.706. The lowest BCUT2D eigenvalue weighted by Gasteiger charge is -2.15. The van der Waals surface area contributed by atoms with E-state index in [1.807, 2.05) is 25.1 Å². The van der Waals surface area contributed by atoms with Gasteiger partial charge < -0.3 is 5.32 Å². The van der Waals surface area contributed by atoms with E-state index in [2.05, 4.69) is 42.4 Å². The van der Waals surface area contributed by atoms with E-state index in [1.165, 1.54) is 11.8 Å². The van der Waals surface area contributed by atoms with E-state index in [9.17, 15) is 4.79 Å². The fourth-order valence-electron chi connectivity index (χ4n) is 1.98. The molecular formula is C16H21N3OS3. The van der Waals surface area contributed by atoms with Crippen molar-refractivity contribution < 1.29 is 4.79 Å². The summed E-state index contributed by atoms with van der Waals surface area (Å²) in [6, 6.07) is 7.94. The highest BCUT2D eigenvalue weighted by Crippen LogP contribution is 2.32. The monoisotopic (exact) mass is 367 g/mol. The van der Waals surface area contributed by atoms with Gasteiger partial charge >= 0.3 is 0 Å². The zero-order valence-corrected chi connectivity index (χ0v) is 16.1. The molecule has 2 aromatic rings. The predicted molar refractivity (Wildman–Crippen MR) is 101 cm³/mol. The predicted octanol–water partition coefficient (Wildman–Crippen LogP) is 4.89. The van der Waals surface area contributed by atoms with Gasteiger partial charge in [-0.15, -0.1) is 10.2 Å². The first-order valence-corrected chi connectivity index (χ1v) is 10.2. The summed E-state index contributed by atoms with van der Waals surface area (Å²) in [4.78, 5) is 12.4. The molecule has 2 rings (SSSR count). The lowest BCUT2D eigenvalue weighted by molar-refractivity contribution is -0.115. The number of nitrogens with zero attached hydrogens (tertiary/aromatic N) is 2. The molecule has 1 atom stereocenters. The van der Waals surface area contributed by atoms with Crippen molar-refractivity contribution in [2.45, 2.75) is 47.5 Å². The Labute approximate surface area is 149 Å². The van der Waals surface area contributed by atoms with E-state index in [0.717, 1.165) is 25.7 Å². The van der Waals surface area contributed by atoms with Gasteiger partial charge in [-0.05, 0) is 30.2 Å². The summed E-state index contributed by atoms with van der Waals surface area (Å²) in [6.45, 7) is 8.22. The van der Waals surface area contributed by atoms with Gasteiger partial charge in [0.2, 0.25) is 5.91 Å². The second kappa shape index (κ2) is 8.70. The van der Waals surface area contributed by atoms with Crippen molar-refractivity contribution in [1.29, 1.82) is 0 Å². The lowest BCUT2D eigenvalue weighted by Crippen LogP contribution is -2.23. The molecule has 0 unspecified atom stereocenters. The van der Waals surface area contributed by atoms with Gasteiger partial charge in [0.1, 0.15) is 0 Å². The SMILES string of the molecule is CCSc1nnc(S[C@@H](C)C(=O)Nc2ccccc2C(C)C)s1. The Morgan fingerprint density at radius 3 is 2.61 bits per heavy atom. The van der Waals surface area contributed by atoms with Gasteiger partial charge in [-0.2, -0.15) is 0 Å². The van der Waals surface area contributed by atoms with Crippen molar-refractivity contribution in [2.75, 3.05) is 11.1 Å². The minimum atomic E-state index is -0.220. The molecule has 4 nitrogen and oxygen atoms in total. The Morgan fingerprint density at radius 1 is 1.22 bits per heavy atom. The van der Waals surface area contributed by atoms with Crippen molar-refractivity contribution in [3.8, 4) is 0 Å². The van der Waals surface area contributed by atoms with E-state index < -0.39 is 0 Å². The number of carbonyl (C=O) groups excluding carboxylic acids is 1. The molecule has 0 aliphatic carbocycles. The zero-order valence-electron chi connectivity index (χ0n) is 13.7. The van der Waals surface area contributed by atoms with Crippen molar-refractivity contribution >= 4 is 46.5 Å². The lowest BCUT2D eigenvalue weighted by atomic mass is 10.0. The maximum atomic E-state index is 12.4. The van der Waals surface area contributed by atoms with Gasteiger partial charge in [0.15, 0.2) is 8.68 Å². The van der Waals surface area contributed by atoms with Gasteiger partial charge in [-0.1, -0.05) is 73.8 Å². The largest absolute Gasteiger partial charge is 0.325 e. The fraction of sp³-hybridized carbons (Fsp3) is 0.438. The highest BCUT2D eigenvalue weighted by molar-refractivity contribution is 8.03. The summed E-state index contributed by atoms with van der Waals surface area (Å²) in [5.74, 6) is 1.33. The van der Waals surface area contributed by atoms with Gasteiger partial charge in [0.05, 0.1) is 5.25 Å². The van der Waals surface area contributed by atoms with Crippen LogP contribution < -0.4 is 5.32 Å². The molecule has 7 heteroatoms. The molecule has 1 aromatic heterocycles. The minimum absolute atomic E-state index is 0.0111. The first kappa shape index (κ1) is 18.3. The van der Waals surface area contributed by atoms with Gasteiger partial charge in [-0.3, -0.25) is 4.79 Å². The summed E-state index contributed by atoms with van der Waals surface area (Å²) in [5, 5.41) is 11.1. The molecule has 0 saturated heterocycles. The maximum absolute atomic E-state index is 12.4. The van der Waals surface area contributed by atoms with Crippen molar-refractivity contribution in [1.82, 2.24) is 10.2 Å². The van der Waals surface area contributed by atoms with Crippen LogP contribution in [0.25, 0.3) is 0 Å². The number of thioether (sulfide) groups is 2. The van der Waals surface area contributed by atoms with Crippen molar-refractivity contribution in [3.05, 3.63) is 29.8 Å². The number of para-hydroxylation sites is 1. The first-order valence-electron chi connectivity index (χ1n) is 7.54. The molecule has 0 aliphatic heterocycles. The fourth-order valence-corrected chi connectivity index (χ4v) is 5.04. The van der Waals surface area contributed by atoms with Crippen LogP contribution in [0.5, 0.6) is 0 Å². The van der Waals surface area contributed by atoms with Crippen LogP contribution in [0, 0.1) is 0 Å². The van der Waals surface area contributed by atoms with Crippen molar-refractivity contribution in [2.24, 2.45) is 0 Å². The summed E-state index contributed by atoms with van der Waals surface area (Å²) in [6.07, 6.45) is 0. The Balaban J connectivity index is 1.99. The number of hydrogen-bond donors (Lipinski definition) is 1. The molecule has 124 valence electrons. The van der Waals surface area contributed by atoms with E-state index >= 15 is 0 Å². The molecule has 0 spiro atoms. The summed E-state index contributed by atoms with van der Waals surface area (Å²) >= 11 is 4.66. The number of nitrogens with one attached hydrogen (secondary N) is 1. The molecule has 0 aliphatic rings. The van der Waals surface area contributed by atoms with Crippen LogP contribution in [0.15, 0.2) is 32.9 Å². The summed E-state index contributed by atoms with van der Waals surface area (Å²) < 4.78 is 1.79. The second-order valence-electron chi connectivity index (χ2n) is 5.26. The van der Waals surface area contributed by atoms with Crippen LogP contribution in [-0.2, 0) is 4.79 Å². The van der Waals surface area contributed by atoms with E-state index in [1.54, 1.807) is 23.1 Å². The number of benzene rings is 1. The highest BCUT2D eigenvalue weighted by atomic mass is 32.2. The Kier molecular flexibility index (Phi) is 6.92. The normalized spacial score (nSPS) is 12.4. The molecule has 1 heterocycles. The number of amides is 1. The van der Waals surface area contributed by atoms with Crippen molar-refractivity contribution in [3.63, 3.8) is 0 Å². The number of hydrogen-bond acceptors (Lipinski definition) is 6. The maximum Gasteiger partial charge on any atom is 0.237 e. The Morgan fingerprint density at radius 2 is 1.91 bits per heavy atom. The number of anilines is 1. The third-order valence-electron chi connectivity index (χ3n) is 3.14. The second-order valence-corrected chi connectivity index (χ2v) is 9.33. The molecule has 1 N–H and O–H groups in total. The average molecular weight is 368 g/mol. The van der Waals surface area contributed by atoms with Crippen LogP contribution in [0.2, 0.25) is 0 Å². The van der Waals surface area contributed by atoms with Gasteiger partial charge in [0.25, 0.3) is 0 Å². The smallest absolute Gasteiger partial charge is 0.237 e. The molecule has 0 bridgehead atoms. The van der Waals surface area contributed by atoms with Crippen LogP contribution in [0.1, 0.15) is 39.2 Å². The molecule has 1 amide bonds. The van der Waals surface area contributed by atoms with Crippen LogP contribution in [0.3, 0.4) is 0 Å². The molecule has 0 radical (unpaired) electrons. The Hall–Kier alpha value is -1.05. The average Bonchev–Trinajstić information content (AvgIpc) is 2.95. The van der Waals surface area contributed by atoms with E-state index in [-0.39, 0.29) is 11.2 Å². The first-order chi connectivity index (χ1) is 11.0. The highest BCUT2D eigenvalue weighted by Gasteiger charge is 2.18. The minimum Gasteiger partial charge on any atom is -0.325 e. The van der Waals surface area contributed by atoms with Crippen LogP contribution in [0.4, 0.5) is 5.69 Å². The zero-order chi connectivity index (χ0) is 16.8. The standard InChI is InChI=1S/C16H21N3OS3/c1-5-21-15-18-19-16(23-15)22-11(4)14(20)17-13-9-7-6-8-12(13)10(2)3/h6-11H,5H2,1-4H3,(H,17,20)/t11-/m0/s1. The summed E-state index contributed by atoms with van der Waals surface area (Å²) in [5.41, 5.74) is 2.04. The number of carbonyl (C=O) groups is 1. The van der Waals surface area contributed by atoms with Gasteiger partial charge in [-0.25, -0.2) is 0 Å². The van der Waals surface area contributed by atoms with Crippen LogP contribution >= 0.6 is 34.9 Å². The topological polar surface area (TPSA) is 54.9 Å². The molecular weight excluding hydrogens is 346 g/mol. The Bertz CT molecular complexity index is 658. The molecule has 23 heavy (non-hydrogen) atoms. The van der Waals surface area contributed by atoms with Gasteiger partial charge in [0, 0.05) is 5.69 Å².